The summed E-state index contributed by atoms with van der Waals surface area (Å²) in [5.74, 6) is -0.288. The lowest BCUT2D eigenvalue weighted by Gasteiger charge is -1.99. The van der Waals surface area contributed by atoms with Crippen molar-refractivity contribution >= 4 is 17.5 Å². The van der Waals surface area contributed by atoms with Gasteiger partial charge in [-0.25, -0.2) is 0 Å². The van der Waals surface area contributed by atoms with Crippen molar-refractivity contribution in [2.45, 2.75) is 6.92 Å². The second kappa shape index (κ2) is 4.43. The molecule has 1 amide bonds. The Morgan fingerprint density at radius 1 is 1.71 bits per heavy atom. The van der Waals surface area contributed by atoms with Crippen LogP contribution in [0.1, 0.15) is 16.2 Å². The molecule has 0 unspecified atom stereocenters. The average molecular weight is 217 g/mol. The van der Waals surface area contributed by atoms with E-state index < -0.39 is 0 Å². The fourth-order valence-corrected chi connectivity index (χ4v) is 1.24. The van der Waals surface area contributed by atoms with Crippen LogP contribution in [0, 0.1) is 6.92 Å². The number of hydrogen-bond acceptors (Lipinski definition) is 3. The predicted molar refractivity (Wildman–Crippen MR) is 54.3 cm³/mol. The van der Waals surface area contributed by atoms with Crippen LogP contribution in [0.4, 0.5) is 0 Å². The quantitative estimate of drug-likeness (QED) is 0.751. The molecule has 0 aliphatic carbocycles. The van der Waals surface area contributed by atoms with Gasteiger partial charge in [-0.1, -0.05) is 11.6 Å². The molecule has 0 fully saturated rings. The summed E-state index contributed by atoms with van der Waals surface area (Å²) in [4.78, 5) is 11.5. The Morgan fingerprint density at radius 3 is 2.79 bits per heavy atom. The highest BCUT2D eigenvalue weighted by Gasteiger charge is 2.17. The monoisotopic (exact) mass is 216 g/mol. The standard InChI is InChI=1S/C8H13ClN4O/c1-5-6(9)7(12-13(5)2)8(14)11-4-3-10/h3-4,10H2,1-2H3,(H,11,14). The van der Waals surface area contributed by atoms with Gasteiger partial charge in [0.25, 0.3) is 5.91 Å². The molecule has 14 heavy (non-hydrogen) atoms. The minimum atomic E-state index is -0.288. The molecular weight excluding hydrogens is 204 g/mol. The molecule has 0 aromatic carbocycles. The van der Waals surface area contributed by atoms with Gasteiger partial charge in [-0.3, -0.25) is 9.48 Å². The highest BCUT2D eigenvalue weighted by molar-refractivity contribution is 6.34. The number of aryl methyl sites for hydroxylation is 1. The summed E-state index contributed by atoms with van der Waals surface area (Å²) >= 11 is 5.91. The number of halogens is 1. The minimum Gasteiger partial charge on any atom is -0.349 e. The molecular formula is C8H13ClN4O. The summed E-state index contributed by atoms with van der Waals surface area (Å²) in [6.07, 6.45) is 0. The first-order valence-electron chi connectivity index (χ1n) is 4.25. The van der Waals surface area contributed by atoms with Crippen molar-refractivity contribution in [2.75, 3.05) is 13.1 Å². The van der Waals surface area contributed by atoms with Crippen LogP contribution in [0.2, 0.25) is 5.02 Å². The molecule has 0 spiro atoms. The molecule has 0 saturated heterocycles. The number of hydrogen-bond donors (Lipinski definition) is 2. The Hall–Kier alpha value is -1.07. The van der Waals surface area contributed by atoms with E-state index in [2.05, 4.69) is 10.4 Å². The lowest BCUT2D eigenvalue weighted by atomic mass is 10.3. The van der Waals surface area contributed by atoms with Gasteiger partial charge in [0.15, 0.2) is 5.69 Å². The Labute approximate surface area is 87.2 Å². The minimum absolute atomic E-state index is 0.250. The predicted octanol–water partition coefficient (Wildman–Crippen LogP) is 0.0704. The zero-order chi connectivity index (χ0) is 10.7. The molecule has 1 aromatic heterocycles. The fourth-order valence-electron chi connectivity index (χ4n) is 0.997. The molecule has 6 heteroatoms. The first-order chi connectivity index (χ1) is 6.57. The van der Waals surface area contributed by atoms with E-state index in [9.17, 15) is 4.79 Å². The van der Waals surface area contributed by atoms with E-state index in [-0.39, 0.29) is 11.6 Å². The van der Waals surface area contributed by atoms with Crippen molar-refractivity contribution in [2.24, 2.45) is 12.8 Å². The van der Waals surface area contributed by atoms with Gasteiger partial charge in [-0.05, 0) is 6.92 Å². The molecule has 1 aromatic rings. The maximum absolute atomic E-state index is 11.5. The molecule has 1 heterocycles. The maximum Gasteiger partial charge on any atom is 0.273 e. The third-order valence-corrected chi connectivity index (χ3v) is 2.36. The molecule has 0 saturated carbocycles. The van der Waals surface area contributed by atoms with Crippen LogP contribution in [0.15, 0.2) is 0 Å². The number of nitrogens with two attached hydrogens (primary N) is 1. The lowest BCUT2D eigenvalue weighted by Crippen LogP contribution is -2.29. The molecule has 0 aliphatic rings. The fraction of sp³-hybridized carbons (Fsp3) is 0.500. The lowest BCUT2D eigenvalue weighted by molar-refractivity contribution is 0.0949. The third kappa shape index (κ3) is 2.05. The SMILES string of the molecule is Cc1c(Cl)c(C(=O)NCCN)nn1C. The normalized spacial score (nSPS) is 10.3. The van der Waals surface area contributed by atoms with E-state index >= 15 is 0 Å². The van der Waals surface area contributed by atoms with Crippen molar-refractivity contribution in [3.63, 3.8) is 0 Å². The number of carbonyl (C=O) groups is 1. The van der Waals surface area contributed by atoms with Crippen LogP contribution in [0.3, 0.4) is 0 Å². The van der Waals surface area contributed by atoms with E-state index in [4.69, 9.17) is 17.3 Å². The second-order valence-corrected chi connectivity index (χ2v) is 3.29. The van der Waals surface area contributed by atoms with Gasteiger partial charge in [0.2, 0.25) is 0 Å². The molecule has 0 aliphatic heterocycles. The molecule has 5 nitrogen and oxygen atoms in total. The molecule has 78 valence electrons. The summed E-state index contributed by atoms with van der Waals surface area (Å²) < 4.78 is 1.57. The number of aromatic nitrogens is 2. The Bertz CT molecular complexity index is 347. The molecule has 1 rings (SSSR count). The third-order valence-electron chi connectivity index (χ3n) is 1.91. The van der Waals surface area contributed by atoms with Gasteiger partial charge in [0, 0.05) is 20.1 Å². The number of amides is 1. The number of rotatable bonds is 3. The van der Waals surface area contributed by atoms with Crippen molar-refractivity contribution in [3.8, 4) is 0 Å². The number of nitrogens with zero attached hydrogens (tertiary/aromatic N) is 2. The van der Waals surface area contributed by atoms with Gasteiger partial charge in [0.1, 0.15) is 0 Å². The smallest absolute Gasteiger partial charge is 0.273 e. The average Bonchev–Trinajstić information content (AvgIpc) is 2.42. The first kappa shape index (κ1) is 11.0. The summed E-state index contributed by atoms with van der Waals surface area (Å²) in [5, 5.41) is 6.99. The van der Waals surface area contributed by atoms with Gasteiger partial charge in [-0.15, -0.1) is 0 Å². The Kier molecular flexibility index (Phi) is 3.49. The summed E-state index contributed by atoms with van der Waals surface area (Å²) in [5.41, 5.74) is 6.27. The summed E-state index contributed by atoms with van der Waals surface area (Å²) in [6, 6.07) is 0. The van der Waals surface area contributed by atoms with Gasteiger partial charge >= 0.3 is 0 Å². The highest BCUT2D eigenvalue weighted by Crippen LogP contribution is 2.18. The molecule has 0 bridgehead atoms. The molecule has 3 N–H and O–H groups in total. The molecule has 0 radical (unpaired) electrons. The maximum atomic E-state index is 11.5. The van der Waals surface area contributed by atoms with E-state index in [1.54, 1.807) is 18.7 Å². The van der Waals surface area contributed by atoms with Gasteiger partial charge in [-0.2, -0.15) is 5.10 Å². The zero-order valence-electron chi connectivity index (χ0n) is 8.17. The Morgan fingerprint density at radius 2 is 2.36 bits per heavy atom. The van der Waals surface area contributed by atoms with Crippen molar-refractivity contribution in [1.29, 1.82) is 0 Å². The van der Waals surface area contributed by atoms with E-state index in [0.717, 1.165) is 5.69 Å². The van der Waals surface area contributed by atoms with Crippen molar-refractivity contribution in [1.82, 2.24) is 15.1 Å². The zero-order valence-corrected chi connectivity index (χ0v) is 8.93. The largest absolute Gasteiger partial charge is 0.349 e. The van der Waals surface area contributed by atoms with Crippen LogP contribution in [0.25, 0.3) is 0 Å². The van der Waals surface area contributed by atoms with Crippen molar-refractivity contribution < 1.29 is 4.79 Å². The second-order valence-electron chi connectivity index (χ2n) is 2.92. The van der Waals surface area contributed by atoms with Gasteiger partial charge in [0.05, 0.1) is 10.7 Å². The number of carbonyl (C=O) groups excluding carboxylic acids is 1. The van der Waals surface area contributed by atoms with Crippen molar-refractivity contribution in [3.05, 3.63) is 16.4 Å². The van der Waals surface area contributed by atoms with Gasteiger partial charge < -0.3 is 11.1 Å². The van der Waals surface area contributed by atoms with Crippen LogP contribution in [-0.2, 0) is 7.05 Å². The van der Waals surface area contributed by atoms with Crippen LogP contribution in [0.5, 0.6) is 0 Å². The van der Waals surface area contributed by atoms with Crippen LogP contribution < -0.4 is 11.1 Å². The summed E-state index contributed by atoms with van der Waals surface area (Å²) in [7, 11) is 1.74. The number of nitrogens with one attached hydrogen (secondary N) is 1. The topological polar surface area (TPSA) is 72.9 Å². The van der Waals surface area contributed by atoms with Crippen LogP contribution >= 0.6 is 11.6 Å². The summed E-state index contributed by atoms with van der Waals surface area (Å²) in [6.45, 7) is 2.62. The van der Waals surface area contributed by atoms with E-state index in [0.29, 0.717) is 18.1 Å². The van der Waals surface area contributed by atoms with E-state index in [1.807, 2.05) is 0 Å². The highest BCUT2D eigenvalue weighted by atomic mass is 35.5. The Balaban J connectivity index is 2.85. The molecule has 0 atom stereocenters. The van der Waals surface area contributed by atoms with E-state index in [1.165, 1.54) is 0 Å². The first-order valence-corrected chi connectivity index (χ1v) is 4.63. The van der Waals surface area contributed by atoms with Crippen LogP contribution in [-0.4, -0.2) is 28.8 Å².